The van der Waals surface area contributed by atoms with E-state index in [-0.39, 0.29) is 24.9 Å². The average molecular weight is 409 g/mol. The van der Waals surface area contributed by atoms with E-state index < -0.39 is 0 Å². The van der Waals surface area contributed by atoms with Gasteiger partial charge in [-0.05, 0) is 50.1 Å². The Hall–Kier alpha value is -2.08. The first-order chi connectivity index (χ1) is 12.6. The van der Waals surface area contributed by atoms with E-state index in [1.807, 2.05) is 32.9 Å². The number of quaternary nitrogens is 1. The first kappa shape index (κ1) is 21.2. The van der Waals surface area contributed by atoms with Crippen molar-refractivity contribution in [1.29, 1.82) is 0 Å². The van der Waals surface area contributed by atoms with Crippen LogP contribution < -0.4 is 15.5 Å². The number of aryl methyl sites for hydroxylation is 3. The summed E-state index contributed by atoms with van der Waals surface area (Å²) in [6, 6.07) is 8.90. The summed E-state index contributed by atoms with van der Waals surface area (Å²) in [6.07, 6.45) is 0. The Bertz CT molecular complexity index is 825. The molecule has 144 valence electrons. The molecule has 0 bridgehead atoms. The number of halogens is 2. The molecule has 0 heterocycles. The van der Waals surface area contributed by atoms with Crippen molar-refractivity contribution < 1.29 is 14.5 Å². The molecule has 2 rings (SSSR count). The zero-order valence-electron chi connectivity index (χ0n) is 15.9. The molecule has 1 atom stereocenters. The van der Waals surface area contributed by atoms with Gasteiger partial charge in [0.15, 0.2) is 13.1 Å². The third-order valence-electron chi connectivity index (χ3n) is 4.01. The fourth-order valence-corrected chi connectivity index (χ4v) is 3.53. The van der Waals surface area contributed by atoms with Crippen LogP contribution in [0.1, 0.15) is 16.7 Å². The van der Waals surface area contributed by atoms with Gasteiger partial charge in [0.2, 0.25) is 0 Å². The van der Waals surface area contributed by atoms with Gasteiger partial charge < -0.3 is 15.5 Å². The van der Waals surface area contributed by atoms with Gasteiger partial charge in [-0.15, -0.1) is 0 Å². The van der Waals surface area contributed by atoms with E-state index in [4.69, 9.17) is 23.2 Å². The Morgan fingerprint density at radius 3 is 1.85 bits per heavy atom. The van der Waals surface area contributed by atoms with Crippen molar-refractivity contribution in [2.45, 2.75) is 20.8 Å². The number of anilines is 2. The van der Waals surface area contributed by atoms with E-state index >= 15 is 0 Å². The maximum Gasteiger partial charge on any atom is 0.279 e. The average Bonchev–Trinajstić information content (AvgIpc) is 2.49. The third kappa shape index (κ3) is 6.54. The molecule has 0 radical (unpaired) electrons. The maximum atomic E-state index is 12.3. The van der Waals surface area contributed by atoms with Crippen LogP contribution >= 0.6 is 23.2 Å². The quantitative estimate of drug-likeness (QED) is 0.687. The van der Waals surface area contributed by atoms with Gasteiger partial charge in [0, 0.05) is 21.4 Å². The van der Waals surface area contributed by atoms with Crippen LogP contribution in [0.2, 0.25) is 10.0 Å². The molecule has 27 heavy (non-hydrogen) atoms. The van der Waals surface area contributed by atoms with E-state index in [0.717, 1.165) is 27.3 Å². The lowest BCUT2D eigenvalue weighted by Crippen LogP contribution is -3.11. The number of carbonyl (C=O) groups is 2. The molecule has 0 aromatic heterocycles. The van der Waals surface area contributed by atoms with Crippen molar-refractivity contribution in [2.24, 2.45) is 0 Å². The summed E-state index contributed by atoms with van der Waals surface area (Å²) in [6.45, 7) is 6.28. The number of hydrogen-bond acceptors (Lipinski definition) is 2. The highest BCUT2D eigenvalue weighted by atomic mass is 35.5. The zero-order valence-corrected chi connectivity index (χ0v) is 17.4. The Balaban J connectivity index is 1.90. The fourth-order valence-electron chi connectivity index (χ4n) is 3.00. The van der Waals surface area contributed by atoms with Gasteiger partial charge in [-0.25, -0.2) is 0 Å². The van der Waals surface area contributed by atoms with Gasteiger partial charge in [-0.3, -0.25) is 9.59 Å². The summed E-state index contributed by atoms with van der Waals surface area (Å²) < 4.78 is 0. The SMILES string of the molecule is Cc1cc(C)c(NC(=O)C[NH+](C)CC(=O)Nc2cc(Cl)cc(Cl)c2)c(C)c1. The van der Waals surface area contributed by atoms with Crippen LogP contribution in [0.3, 0.4) is 0 Å². The molecule has 2 amide bonds. The number of hydrogen-bond donors (Lipinski definition) is 3. The van der Waals surface area contributed by atoms with Crippen molar-refractivity contribution in [3.8, 4) is 0 Å². The van der Waals surface area contributed by atoms with Crippen LogP contribution in [-0.4, -0.2) is 32.0 Å². The second-order valence-electron chi connectivity index (χ2n) is 6.84. The van der Waals surface area contributed by atoms with Gasteiger partial charge in [0.1, 0.15) is 0 Å². The predicted molar refractivity (Wildman–Crippen MR) is 111 cm³/mol. The molecule has 1 unspecified atom stereocenters. The third-order valence-corrected chi connectivity index (χ3v) is 4.45. The molecule has 0 aliphatic rings. The second kappa shape index (κ2) is 9.22. The first-order valence-electron chi connectivity index (χ1n) is 8.59. The number of benzene rings is 2. The molecule has 5 nitrogen and oxygen atoms in total. The van der Waals surface area contributed by atoms with Crippen molar-refractivity contribution in [2.75, 3.05) is 30.8 Å². The molecule has 2 aromatic rings. The summed E-state index contributed by atoms with van der Waals surface area (Å²) in [5, 5.41) is 6.58. The van der Waals surface area contributed by atoms with Crippen LogP contribution in [0.4, 0.5) is 11.4 Å². The molecule has 7 heteroatoms. The van der Waals surface area contributed by atoms with E-state index in [1.54, 1.807) is 25.2 Å². The summed E-state index contributed by atoms with van der Waals surface area (Å²) >= 11 is 11.9. The molecule has 0 aliphatic heterocycles. The van der Waals surface area contributed by atoms with Crippen LogP contribution in [-0.2, 0) is 9.59 Å². The van der Waals surface area contributed by atoms with Crippen LogP contribution in [0, 0.1) is 20.8 Å². The van der Waals surface area contributed by atoms with Gasteiger partial charge in [-0.2, -0.15) is 0 Å². The lowest BCUT2D eigenvalue weighted by molar-refractivity contribution is -0.862. The lowest BCUT2D eigenvalue weighted by atomic mass is 10.1. The molecule has 0 spiro atoms. The molecule has 0 aliphatic carbocycles. The Kier molecular flexibility index (Phi) is 7.25. The second-order valence-corrected chi connectivity index (χ2v) is 7.71. The normalized spacial score (nSPS) is 11.8. The van der Waals surface area contributed by atoms with Gasteiger partial charge in [-0.1, -0.05) is 40.9 Å². The van der Waals surface area contributed by atoms with E-state index in [2.05, 4.69) is 10.6 Å². The number of nitrogens with one attached hydrogen (secondary N) is 3. The first-order valence-corrected chi connectivity index (χ1v) is 9.34. The van der Waals surface area contributed by atoms with Crippen LogP contribution in [0.5, 0.6) is 0 Å². The number of carbonyl (C=O) groups excluding carboxylic acids is 2. The number of likely N-dealkylation sites (N-methyl/N-ethyl adjacent to an activating group) is 1. The largest absolute Gasteiger partial charge is 0.322 e. The van der Waals surface area contributed by atoms with Gasteiger partial charge in [0.25, 0.3) is 11.8 Å². The van der Waals surface area contributed by atoms with Crippen molar-refractivity contribution in [3.05, 3.63) is 57.1 Å². The molecule has 0 saturated carbocycles. The van der Waals surface area contributed by atoms with Gasteiger partial charge in [0.05, 0.1) is 7.05 Å². The summed E-state index contributed by atoms with van der Waals surface area (Å²) in [5.74, 6) is -0.359. The number of rotatable bonds is 6. The molecule has 2 aromatic carbocycles. The monoisotopic (exact) mass is 408 g/mol. The highest BCUT2D eigenvalue weighted by Gasteiger charge is 2.16. The van der Waals surface area contributed by atoms with Crippen molar-refractivity contribution in [1.82, 2.24) is 0 Å². The zero-order chi connectivity index (χ0) is 20.1. The minimum absolute atomic E-state index is 0.138. The van der Waals surface area contributed by atoms with E-state index in [0.29, 0.717) is 15.7 Å². The summed E-state index contributed by atoms with van der Waals surface area (Å²) in [7, 11) is 1.79. The van der Waals surface area contributed by atoms with Crippen molar-refractivity contribution >= 4 is 46.4 Å². The smallest absolute Gasteiger partial charge is 0.279 e. The van der Waals surface area contributed by atoms with E-state index in [9.17, 15) is 9.59 Å². The molecule has 3 N–H and O–H groups in total. The summed E-state index contributed by atoms with van der Waals surface area (Å²) in [4.78, 5) is 25.3. The highest BCUT2D eigenvalue weighted by Crippen LogP contribution is 2.22. The molecule has 0 saturated heterocycles. The Labute approximate surface area is 169 Å². The minimum Gasteiger partial charge on any atom is -0.322 e. The minimum atomic E-state index is -0.221. The standard InChI is InChI=1S/C20H23Cl2N3O2/c1-12-5-13(2)20(14(3)6-12)24-19(27)11-25(4)10-18(26)23-17-8-15(21)7-16(22)9-17/h5-9H,10-11H2,1-4H3,(H,23,26)(H,24,27)/p+1. The molecular formula is C20H24Cl2N3O2+. The predicted octanol–water partition coefficient (Wildman–Crippen LogP) is 3.01. The topological polar surface area (TPSA) is 62.6 Å². The molecular weight excluding hydrogens is 385 g/mol. The fraction of sp³-hybridized carbons (Fsp3) is 0.300. The number of amides is 2. The van der Waals surface area contributed by atoms with Crippen LogP contribution in [0.25, 0.3) is 0 Å². The maximum absolute atomic E-state index is 12.3. The lowest BCUT2D eigenvalue weighted by Gasteiger charge is -2.16. The summed E-state index contributed by atoms with van der Waals surface area (Å²) in [5.41, 5.74) is 4.56. The van der Waals surface area contributed by atoms with E-state index in [1.165, 1.54) is 0 Å². The van der Waals surface area contributed by atoms with Gasteiger partial charge >= 0.3 is 0 Å². The highest BCUT2D eigenvalue weighted by molar-refractivity contribution is 6.35. The Morgan fingerprint density at radius 1 is 0.852 bits per heavy atom. The Morgan fingerprint density at radius 2 is 1.33 bits per heavy atom. The van der Waals surface area contributed by atoms with Crippen LogP contribution in [0.15, 0.2) is 30.3 Å². The molecule has 0 fully saturated rings. The van der Waals surface area contributed by atoms with Crippen molar-refractivity contribution in [3.63, 3.8) is 0 Å².